The van der Waals surface area contributed by atoms with Gasteiger partial charge in [0, 0.05) is 6.20 Å². The zero-order valence-corrected chi connectivity index (χ0v) is 12.6. The van der Waals surface area contributed by atoms with Crippen LogP contribution in [0, 0.1) is 0 Å². The van der Waals surface area contributed by atoms with Gasteiger partial charge in [-0.3, -0.25) is 4.98 Å². The van der Waals surface area contributed by atoms with Crippen LogP contribution in [0.2, 0.25) is 0 Å². The molecule has 0 radical (unpaired) electrons. The summed E-state index contributed by atoms with van der Waals surface area (Å²) in [6.07, 6.45) is 2.52. The van der Waals surface area contributed by atoms with E-state index in [1.165, 1.54) is 0 Å². The van der Waals surface area contributed by atoms with E-state index in [1.54, 1.807) is 6.20 Å². The van der Waals surface area contributed by atoms with Gasteiger partial charge < -0.3 is 15.4 Å². The van der Waals surface area contributed by atoms with Gasteiger partial charge in [0.2, 0.25) is 0 Å². The first-order valence-corrected chi connectivity index (χ1v) is 6.93. The van der Waals surface area contributed by atoms with Gasteiger partial charge in [-0.15, -0.1) is 0 Å². The summed E-state index contributed by atoms with van der Waals surface area (Å²) in [6, 6.07) is 5.45. The zero-order chi connectivity index (χ0) is 14.8. The number of carbonyl (C=O) groups is 1. The van der Waals surface area contributed by atoms with Crippen molar-refractivity contribution in [1.29, 1.82) is 0 Å². The van der Waals surface area contributed by atoms with Crippen molar-refractivity contribution >= 4 is 6.03 Å². The summed E-state index contributed by atoms with van der Waals surface area (Å²) >= 11 is 0. The lowest BCUT2D eigenvalue weighted by Gasteiger charge is -2.27. The fraction of sp³-hybridized carbons (Fsp3) is 0.600. The van der Waals surface area contributed by atoms with Crippen molar-refractivity contribution in [3.05, 3.63) is 30.1 Å². The van der Waals surface area contributed by atoms with E-state index in [9.17, 15) is 4.79 Å². The van der Waals surface area contributed by atoms with E-state index < -0.39 is 0 Å². The molecule has 1 aliphatic rings. The monoisotopic (exact) mass is 277 g/mol. The lowest BCUT2D eigenvalue weighted by atomic mass is 9.95. The van der Waals surface area contributed by atoms with Crippen molar-refractivity contribution in [2.75, 3.05) is 0 Å². The lowest BCUT2D eigenvalue weighted by molar-refractivity contribution is -0.0690. The standard InChI is InChI=1S/C15H23N3O2/c1-14(2)9-12(15(3,4)20-14)18-13(19)17-10-11-7-5-6-8-16-11/h5-8,12H,9-10H2,1-4H3,(H2,17,18,19). The highest BCUT2D eigenvalue weighted by Gasteiger charge is 2.46. The molecule has 5 heteroatoms. The summed E-state index contributed by atoms with van der Waals surface area (Å²) in [4.78, 5) is 16.1. The number of pyridine rings is 1. The summed E-state index contributed by atoms with van der Waals surface area (Å²) in [5.74, 6) is 0. The highest BCUT2D eigenvalue weighted by molar-refractivity contribution is 5.74. The molecule has 0 spiro atoms. The Morgan fingerprint density at radius 3 is 2.70 bits per heavy atom. The number of hydrogen-bond donors (Lipinski definition) is 2. The molecule has 0 aromatic carbocycles. The topological polar surface area (TPSA) is 63.2 Å². The third-order valence-corrected chi connectivity index (χ3v) is 3.54. The van der Waals surface area contributed by atoms with Crippen molar-refractivity contribution in [1.82, 2.24) is 15.6 Å². The Morgan fingerprint density at radius 1 is 1.40 bits per heavy atom. The highest BCUT2D eigenvalue weighted by Crippen LogP contribution is 2.37. The van der Waals surface area contributed by atoms with Gasteiger partial charge in [0.05, 0.1) is 29.5 Å². The van der Waals surface area contributed by atoms with Crippen molar-refractivity contribution in [3.8, 4) is 0 Å². The fourth-order valence-corrected chi connectivity index (χ4v) is 2.67. The third-order valence-electron chi connectivity index (χ3n) is 3.54. The number of urea groups is 1. The molecule has 2 amide bonds. The molecule has 0 saturated carbocycles. The molecule has 2 N–H and O–H groups in total. The zero-order valence-electron chi connectivity index (χ0n) is 12.6. The molecule has 1 unspecified atom stereocenters. The minimum absolute atomic E-state index is 0.00114. The van der Waals surface area contributed by atoms with Crippen LogP contribution in [-0.2, 0) is 11.3 Å². The van der Waals surface area contributed by atoms with Crippen LogP contribution in [0.3, 0.4) is 0 Å². The molecule has 1 saturated heterocycles. The summed E-state index contributed by atoms with van der Waals surface area (Å²) in [7, 11) is 0. The number of nitrogens with one attached hydrogen (secondary N) is 2. The first kappa shape index (κ1) is 14.8. The van der Waals surface area contributed by atoms with Crippen LogP contribution < -0.4 is 10.6 Å². The molecule has 2 heterocycles. The first-order chi connectivity index (χ1) is 9.28. The maximum absolute atomic E-state index is 12.0. The van der Waals surface area contributed by atoms with Crippen molar-refractivity contribution in [2.45, 2.75) is 57.9 Å². The van der Waals surface area contributed by atoms with Crippen molar-refractivity contribution in [2.24, 2.45) is 0 Å². The first-order valence-electron chi connectivity index (χ1n) is 6.93. The molecule has 1 aliphatic heterocycles. The second-order valence-corrected chi connectivity index (χ2v) is 6.37. The fourth-order valence-electron chi connectivity index (χ4n) is 2.67. The van der Waals surface area contributed by atoms with Crippen LogP contribution in [-0.4, -0.2) is 28.3 Å². The number of rotatable bonds is 3. The minimum atomic E-state index is -0.355. The largest absolute Gasteiger partial charge is 0.367 e. The average Bonchev–Trinajstić information content (AvgIpc) is 2.56. The van der Waals surface area contributed by atoms with E-state index in [0.717, 1.165) is 12.1 Å². The van der Waals surface area contributed by atoms with Crippen LogP contribution in [0.1, 0.15) is 39.8 Å². The number of nitrogens with zero attached hydrogens (tertiary/aromatic N) is 1. The lowest BCUT2D eigenvalue weighted by Crippen LogP contribution is -2.49. The minimum Gasteiger partial charge on any atom is -0.367 e. The van der Waals surface area contributed by atoms with Crippen LogP contribution in [0.25, 0.3) is 0 Å². The van der Waals surface area contributed by atoms with Gasteiger partial charge in [0.25, 0.3) is 0 Å². The van der Waals surface area contributed by atoms with Crippen LogP contribution in [0.5, 0.6) is 0 Å². The molecule has 1 aromatic rings. The summed E-state index contributed by atoms with van der Waals surface area (Å²) in [5.41, 5.74) is 0.277. The molecule has 0 aliphatic carbocycles. The predicted molar refractivity (Wildman–Crippen MR) is 77.3 cm³/mol. The van der Waals surface area contributed by atoms with E-state index in [-0.39, 0.29) is 23.3 Å². The number of amides is 2. The van der Waals surface area contributed by atoms with E-state index in [0.29, 0.717) is 6.54 Å². The van der Waals surface area contributed by atoms with Gasteiger partial charge in [-0.1, -0.05) is 6.07 Å². The number of carbonyl (C=O) groups excluding carboxylic acids is 1. The molecule has 1 fully saturated rings. The molecule has 1 aromatic heterocycles. The Kier molecular flexibility index (Phi) is 3.99. The smallest absolute Gasteiger partial charge is 0.315 e. The molecule has 5 nitrogen and oxygen atoms in total. The molecule has 0 bridgehead atoms. The van der Waals surface area contributed by atoms with E-state index >= 15 is 0 Å². The van der Waals surface area contributed by atoms with Crippen LogP contribution in [0.4, 0.5) is 4.79 Å². The summed E-state index contributed by atoms with van der Waals surface area (Å²) < 4.78 is 5.96. The van der Waals surface area contributed by atoms with Crippen LogP contribution >= 0.6 is 0 Å². The molecular formula is C15H23N3O2. The molecule has 1 atom stereocenters. The summed E-state index contributed by atoms with van der Waals surface area (Å²) in [5, 5.41) is 5.82. The SMILES string of the molecule is CC1(C)CC(NC(=O)NCc2ccccn2)C(C)(C)O1. The maximum Gasteiger partial charge on any atom is 0.315 e. The Hall–Kier alpha value is -1.62. The second-order valence-electron chi connectivity index (χ2n) is 6.37. The Morgan fingerprint density at radius 2 is 2.15 bits per heavy atom. The van der Waals surface area contributed by atoms with E-state index in [4.69, 9.17) is 4.74 Å². The van der Waals surface area contributed by atoms with Crippen molar-refractivity contribution in [3.63, 3.8) is 0 Å². The van der Waals surface area contributed by atoms with Crippen LogP contribution in [0.15, 0.2) is 24.4 Å². The second kappa shape index (κ2) is 5.40. The van der Waals surface area contributed by atoms with Gasteiger partial charge in [-0.25, -0.2) is 4.79 Å². The van der Waals surface area contributed by atoms with Gasteiger partial charge in [0.15, 0.2) is 0 Å². The van der Waals surface area contributed by atoms with E-state index in [1.807, 2.05) is 45.9 Å². The Bertz CT molecular complexity index is 471. The molecule has 2 rings (SSSR count). The number of hydrogen-bond acceptors (Lipinski definition) is 3. The van der Waals surface area contributed by atoms with Gasteiger partial charge in [0.1, 0.15) is 0 Å². The highest BCUT2D eigenvalue weighted by atomic mass is 16.5. The Labute approximate surface area is 120 Å². The Balaban J connectivity index is 1.86. The maximum atomic E-state index is 12.0. The van der Waals surface area contributed by atoms with E-state index in [2.05, 4.69) is 15.6 Å². The molecule has 20 heavy (non-hydrogen) atoms. The van der Waals surface area contributed by atoms with Crippen molar-refractivity contribution < 1.29 is 9.53 Å². The molecule has 110 valence electrons. The predicted octanol–water partition coefficient (Wildman–Crippen LogP) is 2.23. The molecular weight excluding hydrogens is 254 g/mol. The number of aromatic nitrogens is 1. The van der Waals surface area contributed by atoms with Gasteiger partial charge >= 0.3 is 6.03 Å². The third kappa shape index (κ3) is 3.70. The number of ether oxygens (including phenoxy) is 1. The summed E-state index contributed by atoms with van der Waals surface area (Å²) in [6.45, 7) is 8.52. The normalized spacial score (nSPS) is 23.3. The van der Waals surface area contributed by atoms with Gasteiger partial charge in [-0.05, 0) is 46.2 Å². The average molecular weight is 277 g/mol. The van der Waals surface area contributed by atoms with Gasteiger partial charge in [-0.2, -0.15) is 0 Å². The quantitative estimate of drug-likeness (QED) is 0.890.